The first-order valence-corrected chi connectivity index (χ1v) is 6.65. The monoisotopic (exact) mass is 248 g/mol. The average molecular weight is 248 g/mol. The van der Waals surface area contributed by atoms with Crippen LogP contribution < -0.4 is 5.32 Å². The largest absolute Gasteiger partial charge is 0.309 e. The van der Waals surface area contributed by atoms with Crippen LogP contribution in [0.4, 0.5) is 0 Å². The van der Waals surface area contributed by atoms with Crippen LogP contribution in [0.25, 0.3) is 10.8 Å². The fourth-order valence-electron chi connectivity index (χ4n) is 1.46. The van der Waals surface area contributed by atoms with Crippen molar-refractivity contribution in [3.8, 4) is 10.8 Å². The Kier molecular flexibility index (Phi) is 4.17. The van der Waals surface area contributed by atoms with Crippen molar-refractivity contribution in [1.82, 2.24) is 20.3 Å². The summed E-state index contributed by atoms with van der Waals surface area (Å²) >= 11 is 1.59. The van der Waals surface area contributed by atoms with Crippen LogP contribution in [0.3, 0.4) is 0 Å². The van der Waals surface area contributed by atoms with Crippen molar-refractivity contribution in [2.45, 2.75) is 26.3 Å². The quantitative estimate of drug-likeness (QED) is 0.883. The van der Waals surface area contributed by atoms with Crippen molar-refractivity contribution in [2.24, 2.45) is 0 Å². The van der Waals surface area contributed by atoms with Gasteiger partial charge in [0.2, 0.25) is 0 Å². The molecular formula is C12H16N4S. The maximum atomic E-state index is 4.56. The molecule has 1 unspecified atom stereocenters. The zero-order valence-electron chi connectivity index (χ0n) is 10.1. The lowest BCUT2D eigenvalue weighted by Crippen LogP contribution is -2.19. The number of thiazole rings is 1. The summed E-state index contributed by atoms with van der Waals surface area (Å²) in [7, 11) is 0. The van der Waals surface area contributed by atoms with Gasteiger partial charge in [0.05, 0.1) is 5.69 Å². The highest BCUT2D eigenvalue weighted by molar-refractivity contribution is 7.13. The minimum atomic E-state index is 0.281. The molecule has 0 bridgehead atoms. The topological polar surface area (TPSA) is 50.7 Å². The molecule has 2 aromatic heterocycles. The third kappa shape index (κ3) is 3.08. The molecule has 0 aromatic carbocycles. The Balaban J connectivity index is 2.11. The highest BCUT2D eigenvalue weighted by atomic mass is 32.1. The van der Waals surface area contributed by atoms with Gasteiger partial charge < -0.3 is 5.32 Å². The highest BCUT2D eigenvalue weighted by Crippen LogP contribution is 2.22. The molecule has 90 valence electrons. The van der Waals surface area contributed by atoms with E-state index < -0.39 is 0 Å². The maximum Gasteiger partial charge on any atom is 0.188 e. The Morgan fingerprint density at radius 1 is 1.35 bits per heavy atom. The zero-order valence-corrected chi connectivity index (χ0v) is 10.9. The molecule has 2 heterocycles. The first-order chi connectivity index (χ1) is 8.31. The van der Waals surface area contributed by atoms with Gasteiger partial charge in [0.1, 0.15) is 0 Å². The van der Waals surface area contributed by atoms with Crippen LogP contribution in [0.1, 0.15) is 32.0 Å². The summed E-state index contributed by atoms with van der Waals surface area (Å²) in [5.41, 5.74) is 1.06. The van der Waals surface area contributed by atoms with E-state index in [-0.39, 0.29) is 6.04 Å². The van der Waals surface area contributed by atoms with E-state index in [4.69, 9.17) is 0 Å². The molecule has 0 aliphatic carbocycles. The van der Waals surface area contributed by atoms with Crippen LogP contribution in [0.15, 0.2) is 23.8 Å². The molecular weight excluding hydrogens is 232 g/mol. The van der Waals surface area contributed by atoms with Gasteiger partial charge in [-0.05, 0) is 26.0 Å². The third-order valence-electron chi connectivity index (χ3n) is 2.42. The summed E-state index contributed by atoms with van der Waals surface area (Å²) in [5, 5.41) is 6.37. The molecule has 0 spiro atoms. The van der Waals surface area contributed by atoms with Crippen LogP contribution in [0, 0.1) is 0 Å². The number of aromatic nitrogens is 3. The lowest BCUT2D eigenvalue weighted by molar-refractivity contribution is 0.561. The van der Waals surface area contributed by atoms with Crippen LogP contribution in [0.2, 0.25) is 0 Å². The molecule has 0 radical (unpaired) electrons. The van der Waals surface area contributed by atoms with E-state index in [9.17, 15) is 0 Å². The van der Waals surface area contributed by atoms with Crippen molar-refractivity contribution in [3.63, 3.8) is 0 Å². The first-order valence-electron chi connectivity index (χ1n) is 5.77. The molecule has 0 aliphatic rings. The number of nitrogens with one attached hydrogen (secondary N) is 1. The molecule has 1 N–H and O–H groups in total. The second kappa shape index (κ2) is 5.84. The fourth-order valence-corrected chi connectivity index (χ4v) is 2.32. The van der Waals surface area contributed by atoms with Gasteiger partial charge in [0.25, 0.3) is 0 Å². The van der Waals surface area contributed by atoms with E-state index in [1.165, 1.54) is 0 Å². The summed E-state index contributed by atoms with van der Waals surface area (Å²) < 4.78 is 0. The summed E-state index contributed by atoms with van der Waals surface area (Å²) in [4.78, 5) is 13.0. The van der Waals surface area contributed by atoms with Crippen molar-refractivity contribution >= 4 is 11.3 Å². The molecule has 17 heavy (non-hydrogen) atoms. The van der Waals surface area contributed by atoms with Gasteiger partial charge >= 0.3 is 0 Å². The summed E-state index contributed by atoms with van der Waals surface area (Å²) in [6.45, 7) is 5.29. The molecule has 0 amide bonds. The van der Waals surface area contributed by atoms with Crippen LogP contribution >= 0.6 is 11.3 Å². The predicted octanol–water partition coefficient (Wildman–Crippen LogP) is 2.66. The molecule has 1 atom stereocenters. The van der Waals surface area contributed by atoms with E-state index >= 15 is 0 Å². The van der Waals surface area contributed by atoms with Gasteiger partial charge in [-0.3, -0.25) is 0 Å². The smallest absolute Gasteiger partial charge is 0.188 e. The van der Waals surface area contributed by atoms with Crippen molar-refractivity contribution in [2.75, 3.05) is 6.54 Å². The van der Waals surface area contributed by atoms with Crippen LogP contribution in [-0.2, 0) is 0 Å². The summed E-state index contributed by atoms with van der Waals surface area (Å²) in [5.74, 6) is 0.700. The first kappa shape index (κ1) is 12.1. The number of nitrogens with zero attached hydrogens (tertiary/aromatic N) is 3. The predicted molar refractivity (Wildman–Crippen MR) is 69.8 cm³/mol. The molecule has 0 aliphatic heterocycles. The van der Waals surface area contributed by atoms with Crippen molar-refractivity contribution in [1.29, 1.82) is 0 Å². The lowest BCUT2D eigenvalue weighted by Gasteiger charge is -2.09. The molecule has 0 saturated heterocycles. The maximum absolute atomic E-state index is 4.56. The van der Waals surface area contributed by atoms with E-state index in [0.29, 0.717) is 5.82 Å². The Labute approximate surface area is 105 Å². The van der Waals surface area contributed by atoms with Crippen molar-refractivity contribution < 1.29 is 0 Å². The summed E-state index contributed by atoms with van der Waals surface area (Å²) in [6, 6.07) is 2.09. The highest BCUT2D eigenvalue weighted by Gasteiger charge is 2.11. The summed E-state index contributed by atoms with van der Waals surface area (Å²) in [6.07, 6.45) is 4.60. The minimum absolute atomic E-state index is 0.281. The Hall–Kier alpha value is -1.33. The Bertz CT molecular complexity index is 455. The number of rotatable bonds is 5. The Morgan fingerprint density at radius 2 is 2.12 bits per heavy atom. The van der Waals surface area contributed by atoms with Gasteiger partial charge in [0, 0.05) is 23.8 Å². The van der Waals surface area contributed by atoms with E-state index in [2.05, 4.69) is 39.5 Å². The lowest BCUT2D eigenvalue weighted by atomic mass is 10.2. The van der Waals surface area contributed by atoms with E-state index in [0.717, 1.165) is 23.7 Å². The van der Waals surface area contributed by atoms with Gasteiger partial charge in [-0.1, -0.05) is 6.92 Å². The molecule has 2 aromatic rings. The number of hydrogen-bond donors (Lipinski definition) is 1. The molecule has 4 nitrogen and oxygen atoms in total. The molecule has 0 saturated carbocycles. The third-order valence-corrected chi connectivity index (χ3v) is 3.28. The van der Waals surface area contributed by atoms with Gasteiger partial charge in [-0.15, -0.1) is 11.3 Å². The van der Waals surface area contributed by atoms with E-state index in [1.54, 1.807) is 23.7 Å². The fraction of sp³-hybridized carbons (Fsp3) is 0.417. The molecule has 0 fully saturated rings. The van der Waals surface area contributed by atoms with Gasteiger partial charge in [-0.2, -0.15) is 0 Å². The van der Waals surface area contributed by atoms with Crippen LogP contribution in [-0.4, -0.2) is 21.5 Å². The van der Waals surface area contributed by atoms with Gasteiger partial charge in [0.15, 0.2) is 10.8 Å². The zero-order chi connectivity index (χ0) is 12.1. The number of hydrogen-bond acceptors (Lipinski definition) is 5. The Morgan fingerprint density at radius 3 is 2.82 bits per heavy atom. The SMILES string of the molecule is CCCNC(C)c1csc(-c2ncccn2)n1. The average Bonchev–Trinajstić information content (AvgIpc) is 2.86. The molecule has 2 rings (SSSR count). The molecule has 5 heteroatoms. The standard InChI is InChI=1S/C12H16N4S/c1-3-5-13-9(2)10-8-17-12(16-10)11-14-6-4-7-15-11/h4,6-9,13H,3,5H2,1-2H3. The minimum Gasteiger partial charge on any atom is -0.309 e. The second-order valence-corrected chi connectivity index (χ2v) is 4.68. The van der Waals surface area contributed by atoms with Crippen LogP contribution in [0.5, 0.6) is 0 Å². The normalized spacial score (nSPS) is 12.6. The second-order valence-electron chi connectivity index (χ2n) is 3.83. The van der Waals surface area contributed by atoms with E-state index in [1.807, 2.05) is 6.07 Å². The van der Waals surface area contributed by atoms with Gasteiger partial charge in [-0.25, -0.2) is 15.0 Å². The van der Waals surface area contributed by atoms with Crippen molar-refractivity contribution in [3.05, 3.63) is 29.5 Å².